The molecule has 0 fully saturated rings. The number of amides is 2. The average Bonchev–Trinajstić information content (AvgIpc) is 2.42. The lowest BCUT2D eigenvalue weighted by Gasteiger charge is -2.13. The summed E-state index contributed by atoms with van der Waals surface area (Å²) < 4.78 is 0. The lowest BCUT2D eigenvalue weighted by atomic mass is 10.1. The van der Waals surface area contributed by atoms with Crippen molar-refractivity contribution in [3.8, 4) is 0 Å². The molecule has 116 valence electrons. The van der Waals surface area contributed by atoms with E-state index in [2.05, 4.69) is 15.6 Å². The molecule has 0 saturated carbocycles. The van der Waals surface area contributed by atoms with Gasteiger partial charge in [0.05, 0.1) is 5.56 Å². The molecule has 0 aliphatic carbocycles. The van der Waals surface area contributed by atoms with Crippen LogP contribution in [-0.4, -0.2) is 54.2 Å². The molecule has 0 spiro atoms. The average molecular weight is 294 g/mol. The molecule has 7 heteroatoms. The van der Waals surface area contributed by atoms with Crippen molar-refractivity contribution in [1.82, 2.24) is 15.2 Å². The van der Waals surface area contributed by atoms with Crippen LogP contribution < -0.4 is 10.6 Å². The Labute approximate surface area is 124 Å². The van der Waals surface area contributed by atoms with Gasteiger partial charge in [0.1, 0.15) is 5.82 Å². The van der Waals surface area contributed by atoms with Crippen LogP contribution in [0.15, 0.2) is 12.1 Å². The molecular formula is C14H22N4O3. The topological polar surface area (TPSA) is 94.6 Å². The molecule has 3 N–H and O–H groups in total. The second-order valence-electron chi connectivity index (χ2n) is 5.18. The summed E-state index contributed by atoms with van der Waals surface area (Å²) >= 11 is 0. The second-order valence-corrected chi connectivity index (χ2v) is 5.18. The Kier molecular flexibility index (Phi) is 5.95. The first-order valence-electron chi connectivity index (χ1n) is 6.75. The Morgan fingerprint density at radius 1 is 1.29 bits per heavy atom. The number of rotatable bonds is 6. The molecule has 0 saturated heterocycles. The van der Waals surface area contributed by atoms with Gasteiger partial charge in [0, 0.05) is 32.9 Å². The fraction of sp³-hybridized carbons (Fsp3) is 0.500. The minimum Gasteiger partial charge on any atom is -0.478 e. The summed E-state index contributed by atoms with van der Waals surface area (Å²) in [4.78, 5) is 28.3. The highest BCUT2D eigenvalue weighted by molar-refractivity contribution is 5.88. The van der Waals surface area contributed by atoms with Crippen LogP contribution >= 0.6 is 0 Å². The van der Waals surface area contributed by atoms with Crippen LogP contribution in [0.1, 0.15) is 35.8 Å². The molecule has 1 aromatic heterocycles. The van der Waals surface area contributed by atoms with E-state index in [1.807, 2.05) is 13.8 Å². The summed E-state index contributed by atoms with van der Waals surface area (Å²) in [5.74, 6) is -0.348. The first-order chi connectivity index (χ1) is 9.81. The van der Waals surface area contributed by atoms with Gasteiger partial charge in [-0.25, -0.2) is 14.6 Å². The highest BCUT2D eigenvalue weighted by atomic mass is 16.4. The third-order valence-electron chi connectivity index (χ3n) is 2.80. The molecule has 0 aliphatic rings. The van der Waals surface area contributed by atoms with Gasteiger partial charge in [0.2, 0.25) is 0 Å². The first-order valence-corrected chi connectivity index (χ1v) is 6.75. The van der Waals surface area contributed by atoms with Crippen LogP contribution in [0.25, 0.3) is 0 Å². The van der Waals surface area contributed by atoms with Crippen molar-refractivity contribution in [1.29, 1.82) is 0 Å². The van der Waals surface area contributed by atoms with Crippen molar-refractivity contribution in [3.63, 3.8) is 0 Å². The first kappa shape index (κ1) is 16.7. The van der Waals surface area contributed by atoms with E-state index in [0.29, 0.717) is 18.9 Å². The molecule has 0 aromatic carbocycles. The van der Waals surface area contributed by atoms with Gasteiger partial charge in [-0.15, -0.1) is 0 Å². The second kappa shape index (κ2) is 7.47. The van der Waals surface area contributed by atoms with Gasteiger partial charge in [0.25, 0.3) is 0 Å². The third-order valence-corrected chi connectivity index (χ3v) is 2.80. The Hall–Kier alpha value is -2.31. The zero-order valence-electron chi connectivity index (χ0n) is 12.8. The van der Waals surface area contributed by atoms with Crippen LogP contribution in [-0.2, 0) is 0 Å². The van der Waals surface area contributed by atoms with Crippen molar-refractivity contribution in [2.45, 2.75) is 19.8 Å². The molecule has 0 radical (unpaired) electrons. The molecule has 0 unspecified atom stereocenters. The normalized spacial score (nSPS) is 10.3. The van der Waals surface area contributed by atoms with Crippen LogP contribution in [0.4, 0.5) is 10.6 Å². The lowest BCUT2D eigenvalue weighted by molar-refractivity contribution is 0.0696. The molecule has 1 heterocycles. The summed E-state index contributed by atoms with van der Waals surface area (Å²) in [5, 5.41) is 14.8. The number of carbonyl (C=O) groups is 2. The Balaban J connectivity index is 2.66. The quantitative estimate of drug-likeness (QED) is 0.693. The SMILES string of the molecule is CC(C)c1cc(C(=O)O)cc(NCCNC(=O)N(C)C)n1. The highest BCUT2D eigenvalue weighted by Gasteiger charge is 2.10. The summed E-state index contributed by atoms with van der Waals surface area (Å²) in [7, 11) is 3.32. The van der Waals surface area contributed by atoms with Gasteiger partial charge in [0.15, 0.2) is 0 Å². The van der Waals surface area contributed by atoms with E-state index in [0.717, 1.165) is 5.69 Å². The molecule has 7 nitrogen and oxygen atoms in total. The van der Waals surface area contributed by atoms with Gasteiger partial charge in [-0.2, -0.15) is 0 Å². The summed E-state index contributed by atoms with van der Waals surface area (Å²) in [6.07, 6.45) is 0. The number of aromatic carboxylic acids is 1. The number of nitrogens with zero attached hydrogens (tertiary/aromatic N) is 2. The number of anilines is 1. The highest BCUT2D eigenvalue weighted by Crippen LogP contribution is 2.17. The van der Waals surface area contributed by atoms with Crippen LogP contribution in [0.2, 0.25) is 0 Å². The molecule has 0 atom stereocenters. The fourth-order valence-corrected chi connectivity index (χ4v) is 1.58. The van der Waals surface area contributed by atoms with Crippen molar-refractivity contribution in [3.05, 3.63) is 23.4 Å². The number of urea groups is 1. The van der Waals surface area contributed by atoms with Crippen LogP contribution in [0.3, 0.4) is 0 Å². The number of hydrogen-bond acceptors (Lipinski definition) is 4. The Morgan fingerprint density at radius 2 is 1.95 bits per heavy atom. The van der Waals surface area contributed by atoms with Crippen LogP contribution in [0, 0.1) is 0 Å². The minimum absolute atomic E-state index is 0.137. The Bertz CT molecular complexity index is 515. The third kappa shape index (κ3) is 5.29. The van der Waals surface area contributed by atoms with Gasteiger partial charge >= 0.3 is 12.0 Å². The number of carboxylic acid groups (broad SMARTS) is 1. The zero-order chi connectivity index (χ0) is 16.0. The number of pyridine rings is 1. The number of nitrogens with one attached hydrogen (secondary N) is 2. The maximum atomic E-state index is 11.3. The summed E-state index contributed by atoms with van der Waals surface area (Å²) in [5.41, 5.74) is 0.920. The van der Waals surface area contributed by atoms with E-state index in [4.69, 9.17) is 5.11 Å². The summed E-state index contributed by atoms with van der Waals surface area (Å²) in [6.45, 7) is 4.80. The van der Waals surface area contributed by atoms with Crippen molar-refractivity contribution in [2.75, 3.05) is 32.5 Å². The number of carboxylic acids is 1. The standard InChI is InChI=1S/C14H22N4O3/c1-9(2)11-7-10(13(19)20)8-12(17-11)15-5-6-16-14(21)18(3)4/h7-9H,5-6H2,1-4H3,(H,15,17)(H,16,21)(H,19,20). The monoisotopic (exact) mass is 294 g/mol. The van der Waals surface area contributed by atoms with Gasteiger partial charge in [-0.3, -0.25) is 0 Å². The van der Waals surface area contributed by atoms with E-state index < -0.39 is 5.97 Å². The molecule has 2 amide bonds. The molecule has 21 heavy (non-hydrogen) atoms. The van der Waals surface area contributed by atoms with E-state index in [1.165, 1.54) is 11.0 Å². The minimum atomic E-state index is -0.983. The lowest BCUT2D eigenvalue weighted by Crippen LogP contribution is -2.37. The number of hydrogen-bond donors (Lipinski definition) is 3. The van der Waals surface area contributed by atoms with Crippen molar-refractivity contribution >= 4 is 17.8 Å². The van der Waals surface area contributed by atoms with E-state index in [1.54, 1.807) is 20.2 Å². The molecule has 1 rings (SSSR count). The number of aromatic nitrogens is 1. The maximum absolute atomic E-state index is 11.3. The largest absolute Gasteiger partial charge is 0.478 e. The molecular weight excluding hydrogens is 272 g/mol. The zero-order valence-corrected chi connectivity index (χ0v) is 12.8. The van der Waals surface area contributed by atoms with Crippen LogP contribution in [0.5, 0.6) is 0 Å². The fourth-order valence-electron chi connectivity index (χ4n) is 1.58. The maximum Gasteiger partial charge on any atom is 0.335 e. The van der Waals surface area contributed by atoms with Gasteiger partial charge < -0.3 is 20.6 Å². The molecule has 0 aliphatic heterocycles. The van der Waals surface area contributed by atoms with Crippen molar-refractivity contribution < 1.29 is 14.7 Å². The smallest absolute Gasteiger partial charge is 0.335 e. The predicted molar refractivity (Wildman–Crippen MR) is 80.9 cm³/mol. The summed E-state index contributed by atoms with van der Waals surface area (Å²) in [6, 6.07) is 2.89. The molecule has 0 bridgehead atoms. The molecule has 1 aromatic rings. The van der Waals surface area contributed by atoms with Gasteiger partial charge in [-0.1, -0.05) is 13.8 Å². The predicted octanol–water partition coefficient (Wildman–Crippen LogP) is 1.59. The van der Waals surface area contributed by atoms with Crippen molar-refractivity contribution in [2.24, 2.45) is 0 Å². The van der Waals surface area contributed by atoms with E-state index in [-0.39, 0.29) is 17.5 Å². The van der Waals surface area contributed by atoms with E-state index >= 15 is 0 Å². The van der Waals surface area contributed by atoms with Gasteiger partial charge in [-0.05, 0) is 18.1 Å². The Morgan fingerprint density at radius 3 is 2.48 bits per heavy atom. The number of carbonyl (C=O) groups excluding carboxylic acids is 1. The van der Waals surface area contributed by atoms with E-state index in [9.17, 15) is 9.59 Å².